The third kappa shape index (κ3) is 2.53. The summed E-state index contributed by atoms with van der Waals surface area (Å²) in [5.74, 6) is -3.72. The summed E-state index contributed by atoms with van der Waals surface area (Å²) in [5, 5.41) is 18.9. The lowest BCUT2D eigenvalue weighted by Gasteiger charge is -2.23. The molecular weight excluding hydrogens is 340 g/mol. The van der Waals surface area contributed by atoms with Crippen molar-refractivity contribution in [2.45, 2.75) is 12.0 Å². The summed E-state index contributed by atoms with van der Waals surface area (Å²) in [4.78, 5) is 14.0. The molecule has 1 heterocycles. The fourth-order valence-corrected chi connectivity index (χ4v) is 2.04. The first-order chi connectivity index (χ1) is 9.58. The standard InChI is InChI=1S/C10H5Cl2F3N2O4/c11-5-2-1-4(3-6(5)17(19)20)7-8(12)9(18,21-16-7)10(13,14)15/h1-3,16,18H. The Morgan fingerprint density at radius 1 is 1.38 bits per heavy atom. The highest BCUT2D eigenvalue weighted by Gasteiger charge is 2.62. The van der Waals surface area contributed by atoms with Crippen LogP contribution in [0.2, 0.25) is 5.02 Å². The molecule has 1 atom stereocenters. The summed E-state index contributed by atoms with van der Waals surface area (Å²) in [5.41, 5.74) is 0.737. The maximum Gasteiger partial charge on any atom is 0.451 e. The van der Waals surface area contributed by atoms with Crippen LogP contribution >= 0.6 is 23.2 Å². The van der Waals surface area contributed by atoms with Crippen molar-refractivity contribution in [3.8, 4) is 0 Å². The van der Waals surface area contributed by atoms with Crippen molar-refractivity contribution in [3.05, 3.63) is 43.9 Å². The molecule has 11 heteroatoms. The first-order valence-electron chi connectivity index (χ1n) is 5.15. The van der Waals surface area contributed by atoms with Crippen LogP contribution in [-0.4, -0.2) is 22.0 Å². The predicted octanol–water partition coefficient (Wildman–Crippen LogP) is 2.94. The number of rotatable bonds is 2. The first kappa shape index (κ1) is 15.8. The minimum Gasteiger partial charge on any atom is -0.353 e. The second-order valence-corrected chi connectivity index (χ2v) is 4.74. The van der Waals surface area contributed by atoms with E-state index in [9.17, 15) is 28.4 Å². The van der Waals surface area contributed by atoms with Gasteiger partial charge in [0.05, 0.1) is 10.6 Å². The maximum atomic E-state index is 12.7. The van der Waals surface area contributed by atoms with Crippen LogP contribution < -0.4 is 5.48 Å². The topological polar surface area (TPSA) is 84.6 Å². The Hall–Kier alpha value is -1.55. The summed E-state index contributed by atoms with van der Waals surface area (Å²) in [6.45, 7) is 0. The van der Waals surface area contributed by atoms with Gasteiger partial charge in [-0.15, -0.1) is 0 Å². The smallest absolute Gasteiger partial charge is 0.353 e. The van der Waals surface area contributed by atoms with E-state index in [4.69, 9.17) is 23.2 Å². The minimum atomic E-state index is -5.20. The van der Waals surface area contributed by atoms with Crippen LogP contribution in [0.1, 0.15) is 5.56 Å². The summed E-state index contributed by atoms with van der Waals surface area (Å²) in [6.07, 6.45) is -5.20. The molecule has 0 aromatic heterocycles. The van der Waals surface area contributed by atoms with Crippen molar-refractivity contribution in [2.24, 2.45) is 0 Å². The fourth-order valence-electron chi connectivity index (χ4n) is 1.56. The number of nitrogens with one attached hydrogen (secondary N) is 1. The average molecular weight is 345 g/mol. The number of nitro benzene ring substituents is 1. The van der Waals surface area contributed by atoms with E-state index in [-0.39, 0.29) is 10.6 Å². The lowest BCUT2D eigenvalue weighted by atomic mass is 10.1. The number of halogens is 5. The molecule has 114 valence electrons. The Bertz CT molecular complexity index is 650. The number of benzene rings is 1. The number of hydroxylamine groups is 1. The zero-order valence-corrected chi connectivity index (χ0v) is 11.3. The molecule has 1 aliphatic heterocycles. The van der Waals surface area contributed by atoms with Crippen LogP contribution in [-0.2, 0) is 4.84 Å². The van der Waals surface area contributed by atoms with Gasteiger partial charge in [-0.05, 0) is 6.07 Å². The van der Waals surface area contributed by atoms with Crippen LogP contribution in [0, 0.1) is 10.1 Å². The normalized spacial score (nSPS) is 22.4. The lowest BCUT2D eigenvalue weighted by molar-refractivity contribution is -0.384. The van der Waals surface area contributed by atoms with Gasteiger partial charge in [-0.1, -0.05) is 29.3 Å². The highest BCUT2D eigenvalue weighted by Crippen LogP contribution is 2.45. The molecule has 0 radical (unpaired) electrons. The van der Waals surface area contributed by atoms with Crippen LogP contribution in [0.15, 0.2) is 23.2 Å². The average Bonchev–Trinajstić information content (AvgIpc) is 2.67. The van der Waals surface area contributed by atoms with Gasteiger partial charge in [0.2, 0.25) is 0 Å². The number of aliphatic hydroxyl groups is 1. The fraction of sp³-hybridized carbons (Fsp3) is 0.200. The van der Waals surface area contributed by atoms with Gasteiger partial charge in [0, 0.05) is 11.6 Å². The van der Waals surface area contributed by atoms with Gasteiger partial charge < -0.3 is 5.11 Å². The molecule has 1 aliphatic rings. The highest BCUT2D eigenvalue weighted by atomic mass is 35.5. The second-order valence-electron chi connectivity index (χ2n) is 3.96. The van der Waals surface area contributed by atoms with Crippen molar-refractivity contribution < 1.29 is 28.0 Å². The van der Waals surface area contributed by atoms with E-state index in [0.29, 0.717) is 0 Å². The number of alkyl halides is 3. The van der Waals surface area contributed by atoms with E-state index < -0.39 is 33.3 Å². The van der Waals surface area contributed by atoms with Crippen molar-refractivity contribution >= 4 is 34.6 Å². The largest absolute Gasteiger partial charge is 0.451 e. The second kappa shape index (κ2) is 5.02. The first-order valence-corrected chi connectivity index (χ1v) is 5.91. The number of nitrogens with zero attached hydrogens (tertiary/aromatic N) is 1. The third-order valence-corrected chi connectivity index (χ3v) is 3.40. The molecule has 1 aromatic carbocycles. The van der Waals surface area contributed by atoms with Gasteiger partial charge in [-0.2, -0.15) is 13.2 Å². The Morgan fingerprint density at radius 2 is 2.00 bits per heavy atom. The van der Waals surface area contributed by atoms with Gasteiger partial charge in [-0.25, -0.2) is 4.84 Å². The molecule has 2 N–H and O–H groups in total. The SMILES string of the molecule is O=[N+]([O-])c1cc(C2=C(Cl)C(O)(C(F)(F)F)ON2)ccc1Cl. The molecule has 1 unspecified atom stereocenters. The summed E-state index contributed by atoms with van der Waals surface area (Å²) in [7, 11) is 0. The molecule has 2 rings (SSSR count). The van der Waals surface area contributed by atoms with Crippen LogP contribution in [0.25, 0.3) is 5.70 Å². The van der Waals surface area contributed by atoms with E-state index in [2.05, 4.69) is 4.84 Å². The molecule has 0 fully saturated rings. The molecule has 0 aliphatic carbocycles. The molecule has 0 amide bonds. The Balaban J connectivity index is 2.53. The Kier molecular flexibility index (Phi) is 3.79. The van der Waals surface area contributed by atoms with Crippen LogP contribution in [0.5, 0.6) is 0 Å². The van der Waals surface area contributed by atoms with E-state index in [0.717, 1.165) is 12.1 Å². The molecule has 0 saturated heterocycles. The Labute approximate surface area is 124 Å². The van der Waals surface area contributed by atoms with Gasteiger partial charge in [0.25, 0.3) is 5.69 Å². The van der Waals surface area contributed by atoms with E-state index >= 15 is 0 Å². The third-order valence-electron chi connectivity index (χ3n) is 2.63. The van der Waals surface area contributed by atoms with E-state index in [1.165, 1.54) is 6.07 Å². The van der Waals surface area contributed by atoms with Crippen molar-refractivity contribution in [1.82, 2.24) is 5.48 Å². The zero-order chi connectivity index (χ0) is 16.0. The number of hydrogen-bond donors (Lipinski definition) is 2. The summed E-state index contributed by atoms with van der Waals surface area (Å²) < 4.78 is 38.1. The van der Waals surface area contributed by atoms with Gasteiger partial charge in [0.15, 0.2) is 0 Å². The molecule has 0 bridgehead atoms. The number of nitro groups is 1. The van der Waals surface area contributed by atoms with Gasteiger partial charge in [0.1, 0.15) is 10.1 Å². The lowest BCUT2D eigenvalue weighted by Crippen LogP contribution is -2.46. The van der Waals surface area contributed by atoms with Gasteiger partial charge >= 0.3 is 12.0 Å². The van der Waals surface area contributed by atoms with Gasteiger partial charge in [-0.3, -0.25) is 15.6 Å². The molecule has 0 spiro atoms. The molecule has 6 nitrogen and oxygen atoms in total. The highest BCUT2D eigenvalue weighted by molar-refractivity contribution is 6.34. The molecule has 0 saturated carbocycles. The van der Waals surface area contributed by atoms with Crippen molar-refractivity contribution in [1.29, 1.82) is 0 Å². The number of hydrogen-bond acceptors (Lipinski definition) is 5. The van der Waals surface area contributed by atoms with E-state index in [1.54, 1.807) is 0 Å². The summed E-state index contributed by atoms with van der Waals surface area (Å²) in [6, 6.07) is 3.20. The monoisotopic (exact) mass is 344 g/mol. The molecular formula is C10H5Cl2F3N2O4. The quantitative estimate of drug-likeness (QED) is 0.636. The maximum absolute atomic E-state index is 12.7. The van der Waals surface area contributed by atoms with Crippen LogP contribution in [0.3, 0.4) is 0 Å². The predicted molar refractivity (Wildman–Crippen MR) is 66.1 cm³/mol. The minimum absolute atomic E-state index is 0.101. The van der Waals surface area contributed by atoms with E-state index in [1.807, 2.05) is 5.48 Å². The van der Waals surface area contributed by atoms with Crippen LogP contribution in [0.4, 0.5) is 18.9 Å². The Morgan fingerprint density at radius 3 is 2.48 bits per heavy atom. The summed E-state index contributed by atoms with van der Waals surface area (Å²) >= 11 is 11.1. The van der Waals surface area contributed by atoms with Crippen molar-refractivity contribution in [3.63, 3.8) is 0 Å². The van der Waals surface area contributed by atoms with Crippen molar-refractivity contribution in [2.75, 3.05) is 0 Å². The molecule has 1 aromatic rings. The zero-order valence-electron chi connectivity index (χ0n) is 9.74. The molecule has 21 heavy (non-hydrogen) atoms.